The highest BCUT2D eigenvalue weighted by atomic mass is 35.5. The molecule has 2 aromatic carbocycles. The Labute approximate surface area is 185 Å². The number of halogens is 1. The average molecular weight is 438 g/mol. The van der Waals surface area contributed by atoms with Gasteiger partial charge in [-0.25, -0.2) is 0 Å². The highest BCUT2D eigenvalue weighted by Crippen LogP contribution is 2.54. The number of nitrogens with zero attached hydrogens (tertiary/aromatic N) is 1. The Balaban J connectivity index is 1.56. The number of para-hydroxylation sites is 1. The third-order valence-electron chi connectivity index (χ3n) is 6.91. The van der Waals surface area contributed by atoms with Crippen molar-refractivity contribution in [2.75, 3.05) is 11.9 Å². The monoisotopic (exact) mass is 437 g/mol. The summed E-state index contributed by atoms with van der Waals surface area (Å²) in [6.45, 7) is 4.31. The fraction of sp³-hybridized carbons (Fsp3) is 0.375. The van der Waals surface area contributed by atoms with Gasteiger partial charge in [-0.3, -0.25) is 24.6 Å². The molecule has 0 aromatic heterocycles. The van der Waals surface area contributed by atoms with Gasteiger partial charge in [0.2, 0.25) is 17.7 Å². The molecule has 3 aliphatic heterocycles. The Kier molecular flexibility index (Phi) is 4.68. The van der Waals surface area contributed by atoms with Gasteiger partial charge in [0.1, 0.15) is 5.54 Å². The second-order valence-electron chi connectivity index (χ2n) is 8.91. The molecule has 2 fully saturated rings. The molecule has 3 heterocycles. The van der Waals surface area contributed by atoms with Crippen molar-refractivity contribution >= 4 is 35.0 Å². The van der Waals surface area contributed by atoms with Crippen molar-refractivity contribution in [3.05, 3.63) is 64.7 Å². The number of amides is 3. The van der Waals surface area contributed by atoms with Gasteiger partial charge in [-0.2, -0.15) is 0 Å². The van der Waals surface area contributed by atoms with Crippen molar-refractivity contribution in [2.45, 2.75) is 31.8 Å². The molecule has 160 valence electrons. The van der Waals surface area contributed by atoms with Crippen LogP contribution in [0.3, 0.4) is 0 Å². The fourth-order valence-corrected chi connectivity index (χ4v) is 5.69. The molecule has 7 heteroatoms. The fourth-order valence-electron chi connectivity index (χ4n) is 5.46. The Morgan fingerprint density at radius 1 is 1.03 bits per heavy atom. The molecule has 3 aliphatic rings. The summed E-state index contributed by atoms with van der Waals surface area (Å²) in [6, 6.07) is 14.8. The summed E-state index contributed by atoms with van der Waals surface area (Å²) in [4.78, 5) is 41.8. The van der Waals surface area contributed by atoms with Gasteiger partial charge < -0.3 is 5.32 Å². The lowest BCUT2D eigenvalue weighted by atomic mass is 9.76. The van der Waals surface area contributed by atoms with Crippen LogP contribution in [-0.2, 0) is 26.3 Å². The Hall–Kier alpha value is -2.70. The summed E-state index contributed by atoms with van der Waals surface area (Å²) in [5, 5.41) is 6.70. The van der Waals surface area contributed by atoms with Crippen LogP contribution in [0.5, 0.6) is 0 Å². The zero-order valence-corrected chi connectivity index (χ0v) is 18.1. The molecule has 0 bridgehead atoms. The summed E-state index contributed by atoms with van der Waals surface area (Å²) in [6.07, 6.45) is 0.582. The first-order valence-electron chi connectivity index (χ1n) is 10.6. The van der Waals surface area contributed by atoms with E-state index in [9.17, 15) is 14.4 Å². The van der Waals surface area contributed by atoms with Gasteiger partial charge in [0.05, 0.1) is 22.5 Å². The zero-order chi connectivity index (χ0) is 21.9. The van der Waals surface area contributed by atoms with Gasteiger partial charge in [0.25, 0.3) is 0 Å². The van der Waals surface area contributed by atoms with Crippen LogP contribution in [0.1, 0.15) is 25.0 Å². The molecule has 5 rings (SSSR count). The van der Waals surface area contributed by atoms with E-state index in [0.717, 1.165) is 5.56 Å². The lowest BCUT2D eigenvalue weighted by molar-refractivity contribution is -0.142. The lowest BCUT2D eigenvalue weighted by Gasteiger charge is -2.30. The highest BCUT2D eigenvalue weighted by Gasteiger charge is 2.70. The first-order valence-corrected chi connectivity index (χ1v) is 11.0. The number of fused-ring (bicyclic) bond motifs is 4. The van der Waals surface area contributed by atoms with Gasteiger partial charge in [-0.05, 0) is 24.0 Å². The SMILES string of the molecule is CC(C)C1NC2(C(=O)Nc3c(Cl)cccc32)[C@@H]2C(=O)N(CCc3ccccc3)C(=O)[C@H]12. The number of likely N-dealkylation sites (tertiary alicyclic amines) is 1. The van der Waals surface area contributed by atoms with E-state index in [4.69, 9.17) is 11.6 Å². The van der Waals surface area contributed by atoms with Crippen molar-refractivity contribution in [3.8, 4) is 0 Å². The molecule has 2 saturated heterocycles. The van der Waals surface area contributed by atoms with E-state index in [1.807, 2.05) is 50.2 Å². The molecule has 0 radical (unpaired) electrons. The largest absolute Gasteiger partial charge is 0.323 e. The first kappa shape index (κ1) is 20.2. The van der Waals surface area contributed by atoms with E-state index in [-0.39, 0.29) is 29.7 Å². The minimum Gasteiger partial charge on any atom is -0.323 e. The van der Waals surface area contributed by atoms with Crippen molar-refractivity contribution in [2.24, 2.45) is 17.8 Å². The number of nitrogens with one attached hydrogen (secondary N) is 2. The van der Waals surface area contributed by atoms with Gasteiger partial charge in [0.15, 0.2) is 0 Å². The Morgan fingerprint density at radius 3 is 2.48 bits per heavy atom. The van der Waals surface area contributed by atoms with E-state index in [2.05, 4.69) is 10.6 Å². The smallest absolute Gasteiger partial charge is 0.250 e. The molecule has 2 N–H and O–H groups in total. The summed E-state index contributed by atoms with van der Waals surface area (Å²) >= 11 is 6.34. The predicted molar refractivity (Wildman–Crippen MR) is 117 cm³/mol. The molecule has 4 atom stereocenters. The molecular weight excluding hydrogens is 414 g/mol. The van der Waals surface area contributed by atoms with Gasteiger partial charge >= 0.3 is 0 Å². The molecule has 6 nitrogen and oxygen atoms in total. The normalized spacial score (nSPS) is 29.1. The molecule has 0 aliphatic carbocycles. The van der Waals surface area contributed by atoms with Gasteiger partial charge in [-0.1, -0.05) is 67.9 Å². The summed E-state index contributed by atoms with van der Waals surface area (Å²) in [5.41, 5.74) is 0.944. The van der Waals surface area contributed by atoms with Crippen LogP contribution < -0.4 is 10.6 Å². The molecular formula is C24H24ClN3O3. The van der Waals surface area contributed by atoms with Crippen LogP contribution in [0.4, 0.5) is 5.69 Å². The minimum absolute atomic E-state index is 0.0636. The topological polar surface area (TPSA) is 78.5 Å². The Morgan fingerprint density at radius 2 is 1.77 bits per heavy atom. The van der Waals surface area contributed by atoms with E-state index < -0.39 is 17.4 Å². The third-order valence-corrected chi connectivity index (χ3v) is 7.23. The summed E-state index contributed by atoms with van der Waals surface area (Å²) < 4.78 is 0. The van der Waals surface area contributed by atoms with E-state index in [1.54, 1.807) is 12.1 Å². The standard InChI is InChI=1S/C24H24ClN3O3/c1-13(2)19-17-18(22(30)28(21(17)29)12-11-14-7-4-3-5-8-14)24(27-19)15-9-6-10-16(25)20(15)26-23(24)31/h3-10,13,17-19,27H,11-12H2,1-2H3,(H,26,31)/t17-,18-,19?,24?/m0/s1. The van der Waals surface area contributed by atoms with Gasteiger partial charge in [-0.15, -0.1) is 0 Å². The molecule has 2 aromatic rings. The van der Waals surface area contributed by atoms with E-state index in [1.165, 1.54) is 4.90 Å². The number of imide groups is 1. The second kappa shape index (κ2) is 7.18. The highest BCUT2D eigenvalue weighted by molar-refractivity contribution is 6.35. The molecule has 1 spiro atoms. The van der Waals surface area contributed by atoms with Crippen molar-refractivity contribution in [3.63, 3.8) is 0 Å². The number of carbonyl (C=O) groups is 3. The number of hydrogen-bond donors (Lipinski definition) is 2. The first-order chi connectivity index (χ1) is 14.9. The van der Waals surface area contributed by atoms with Crippen molar-refractivity contribution in [1.29, 1.82) is 0 Å². The molecule has 2 unspecified atom stereocenters. The lowest BCUT2D eigenvalue weighted by Crippen LogP contribution is -2.54. The van der Waals surface area contributed by atoms with Crippen LogP contribution >= 0.6 is 11.6 Å². The van der Waals surface area contributed by atoms with E-state index in [0.29, 0.717) is 29.2 Å². The molecule has 31 heavy (non-hydrogen) atoms. The maximum atomic E-state index is 13.6. The number of rotatable bonds is 4. The number of carbonyl (C=O) groups excluding carboxylic acids is 3. The maximum absolute atomic E-state index is 13.6. The second-order valence-corrected chi connectivity index (χ2v) is 9.31. The van der Waals surface area contributed by atoms with E-state index >= 15 is 0 Å². The summed E-state index contributed by atoms with van der Waals surface area (Å²) in [7, 11) is 0. The number of hydrogen-bond acceptors (Lipinski definition) is 4. The number of anilines is 1. The zero-order valence-electron chi connectivity index (χ0n) is 17.4. The molecule has 0 saturated carbocycles. The van der Waals surface area contributed by atoms with Crippen molar-refractivity contribution in [1.82, 2.24) is 10.2 Å². The van der Waals surface area contributed by atoms with Crippen LogP contribution in [0, 0.1) is 17.8 Å². The van der Waals surface area contributed by atoms with Crippen LogP contribution in [-0.4, -0.2) is 35.2 Å². The quantitative estimate of drug-likeness (QED) is 0.721. The van der Waals surface area contributed by atoms with Gasteiger partial charge in [0, 0.05) is 18.2 Å². The number of benzene rings is 2. The Bertz CT molecular complexity index is 1090. The average Bonchev–Trinajstić information content (AvgIpc) is 3.34. The van der Waals surface area contributed by atoms with Crippen LogP contribution in [0.15, 0.2) is 48.5 Å². The summed E-state index contributed by atoms with van der Waals surface area (Å²) in [5.74, 6) is -2.11. The van der Waals surface area contributed by atoms with Crippen LogP contribution in [0.2, 0.25) is 5.02 Å². The van der Waals surface area contributed by atoms with Crippen molar-refractivity contribution < 1.29 is 14.4 Å². The predicted octanol–water partition coefficient (Wildman–Crippen LogP) is 2.96. The molecule has 3 amide bonds. The van der Waals surface area contributed by atoms with Crippen LogP contribution in [0.25, 0.3) is 0 Å². The third kappa shape index (κ3) is 2.78. The minimum atomic E-state index is -1.28. The maximum Gasteiger partial charge on any atom is 0.250 e.